The predicted molar refractivity (Wildman–Crippen MR) is 120 cm³/mol. The molecule has 1 aliphatic rings. The molecule has 2 atom stereocenters. The van der Waals surface area contributed by atoms with E-state index in [1.165, 1.54) is 0 Å². The summed E-state index contributed by atoms with van der Waals surface area (Å²) in [6.07, 6.45) is 4.36. The summed E-state index contributed by atoms with van der Waals surface area (Å²) in [7, 11) is 0. The molecule has 2 aromatic carbocycles. The summed E-state index contributed by atoms with van der Waals surface area (Å²) < 4.78 is 5.85. The molecule has 30 heavy (non-hydrogen) atoms. The van der Waals surface area contributed by atoms with Gasteiger partial charge in [0, 0.05) is 40.9 Å². The van der Waals surface area contributed by atoms with Crippen LogP contribution in [0.15, 0.2) is 59.0 Å². The number of benzene rings is 2. The third-order valence-electron chi connectivity index (χ3n) is 5.18. The van der Waals surface area contributed by atoms with Crippen LogP contribution in [0.1, 0.15) is 24.7 Å². The lowest BCUT2D eigenvalue weighted by Crippen LogP contribution is -2.34. The summed E-state index contributed by atoms with van der Waals surface area (Å²) in [5.74, 6) is 1.21. The average molecular weight is 422 g/mol. The molecule has 1 amide bonds. The van der Waals surface area contributed by atoms with Gasteiger partial charge in [-0.05, 0) is 50.1 Å². The molecule has 5 nitrogen and oxygen atoms in total. The number of hydrogen-bond donors (Lipinski definition) is 2. The number of aryl methyl sites for hydroxylation is 1. The zero-order chi connectivity index (χ0) is 21.1. The van der Waals surface area contributed by atoms with Gasteiger partial charge in [-0.1, -0.05) is 41.9 Å². The summed E-state index contributed by atoms with van der Waals surface area (Å²) in [5, 5.41) is 7.00. The minimum atomic E-state index is -0.0708. The molecule has 0 spiro atoms. The van der Waals surface area contributed by atoms with Crippen LogP contribution in [-0.2, 0) is 4.79 Å². The monoisotopic (exact) mass is 421 g/mol. The second-order valence-electron chi connectivity index (χ2n) is 7.64. The van der Waals surface area contributed by atoms with Crippen LogP contribution in [0.4, 0.5) is 0 Å². The van der Waals surface area contributed by atoms with Gasteiger partial charge in [-0.15, -0.1) is 0 Å². The molecule has 0 aliphatic carbocycles. The molecule has 1 aliphatic heterocycles. The Bertz CT molecular complexity index is 1070. The standard InChI is InChI=1S/C24H24ClN3O2/c1-15-12-21(14-26-15)27-22(29)11-8-17-6-9-18(10-7-17)23-16(2)30-24(28-23)19-4-3-5-20(25)13-19/h3-11,13,15,21,26H,12,14H2,1-2H3,(H,27,29)/b11-8+/t15-,21-/m1/s1. The lowest BCUT2D eigenvalue weighted by atomic mass is 10.1. The topological polar surface area (TPSA) is 67.2 Å². The molecule has 2 heterocycles. The number of nitrogens with one attached hydrogen (secondary N) is 2. The van der Waals surface area contributed by atoms with Crippen molar-refractivity contribution in [3.05, 3.63) is 71.0 Å². The number of carbonyl (C=O) groups excluding carboxylic acids is 1. The Morgan fingerprint density at radius 1 is 1.23 bits per heavy atom. The first kappa shape index (κ1) is 20.4. The van der Waals surface area contributed by atoms with Crippen molar-refractivity contribution >= 4 is 23.6 Å². The number of amides is 1. The normalized spacial score (nSPS) is 18.8. The van der Waals surface area contributed by atoms with E-state index in [1.807, 2.05) is 61.5 Å². The third-order valence-corrected chi connectivity index (χ3v) is 5.41. The number of nitrogens with zero attached hydrogens (tertiary/aromatic N) is 1. The van der Waals surface area contributed by atoms with Crippen LogP contribution < -0.4 is 10.6 Å². The molecule has 0 radical (unpaired) electrons. The minimum Gasteiger partial charge on any atom is -0.441 e. The van der Waals surface area contributed by atoms with Crippen molar-refractivity contribution in [2.75, 3.05) is 6.54 Å². The molecule has 1 saturated heterocycles. The van der Waals surface area contributed by atoms with Gasteiger partial charge in [0.2, 0.25) is 11.8 Å². The third kappa shape index (κ3) is 4.81. The molecule has 2 N–H and O–H groups in total. The second kappa shape index (κ2) is 8.86. The first-order valence-corrected chi connectivity index (χ1v) is 10.4. The van der Waals surface area contributed by atoms with Crippen molar-refractivity contribution in [3.8, 4) is 22.7 Å². The number of rotatable bonds is 5. The van der Waals surface area contributed by atoms with Crippen LogP contribution in [0.3, 0.4) is 0 Å². The Morgan fingerprint density at radius 2 is 2.03 bits per heavy atom. The fourth-order valence-corrected chi connectivity index (χ4v) is 3.82. The van der Waals surface area contributed by atoms with E-state index in [0.29, 0.717) is 17.0 Å². The SMILES string of the molecule is Cc1oc(-c2cccc(Cl)c2)nc1-c1ccc(/C=C/C(=O)N[C@H]2CN[C@H](C)C2)cc1. The van der Waals surface area contributed by atoms with Crippen LogP contribution >= 0.6 is 11.6 Å². The van der Waals surface area contributed by atoms with Crippen molar-refractivity contribution in [2.45, 2.75) is 32.4 Å². The fraction of sp³-hybridized carbons (Fsp3) is 0.250. The van der Waals surface area contributed by atoms with E-state index < -0.39 is 0 Å². The number of hydrogen-bond acceptors (Lipinski definition) is 4. The first-order valence-electron chi connectivity index (χ1n) is 10.0. The van der Waals surface area contributed by atoms with Gasteiger partial charge in [0.15, 0.2) is 0 Å². The molecule has 0 saturated carbocycles. The second-order valence-corrected chi connectivity index (χ2v) is 8.08. The average Bonchev–Trinajstić information content (AvgIpc) is 3.32. The largest absolute Gasteiger partial charge is 0.441 e. The molecule has 4 rings (SSSR count). The quantitative estimate of drug-likeness (QED) is 0.578. The van der Waals surface area contributed by atoms with E-state index in [9.17, 15) is 4.79 Å². The smallest absolute Gasteiger partial charge is 0.244 e. The molecular weight excluding hydrogens is 398 g/mol. The van der Waals surface area contributed by atoms with Gasteiger partial charge in [0.1, 0.15) is 11.5 Å². The van der Waals surface area contributed by atoms with E-state index in [4.69, 9.17) is 16.0 Å². The molecule has 1 fully saturated rings. The van der Waals surface area contributed by atoms with Gasteiger partial charge in [-0.3, -0.25) is 4.79 Å². The lowest BCUT2D eigenvalue weighted by molar-refractivity contribution is -0.117. The maximum atomic E-state index is 12.1. The molecule has 0 bridgehead atoms. The zero-order valence-electron chi connectivity index (χ0n) is 17.0. The van der Waals surface area contributed by atoms with Crippen LogP contribution in [0.25, 0.3) is 28.8 Å². The molecule has 154 valence electrons. The van der Waals surface area contributed by atoms with Gasteiger partial charge in [0.25, 0.3) is 0 Å². The Labute approximate surface area is 181 Å². The van der Waals surface area contributed by atoms with Crippen LogP contribution in [0.5, 0.6) is 0 Å². The van der Waals surface area contributed by atoms with Crippen molar-refractivity contribution in [2.24, 2.45) is 0 Å². The van der Waals surface area contributed by atoms with Crippen LogP contribution in [-0.4, -0.2) is 29.5 Å². The van der Waals surface area contributed by atoms with Crippen molar-refractivity contribution in [1.29, 1.82) is 0 Å². The van der Waals surface area contributed by atoms with Crippen LogP contribution in [0, 0.1) is 6.92 Å². The Hall–Kier alpha value is -2.89. The minimum absolute atomic E-state index is 0.0708. The van der Waals surface area contributed by atoms with Gasteiger partial charge in [0.05, 0.1) is 0 Å². The van der Waals surface area contributed by atoms with E-state index >= 15 is 0 Å². The van der Waals surface area contributed by atoms with Crippen molar-refractivity contribution in [1.82, 2.24) is 15.6 Å². The fourth-order valence-electron chi connectivity index (χ4n) is 3.63. The summed E-state index contributed by atoms with van der Waals surface area (Å²) in [5.41, 5.74) is 3.54. The Morgan fingerprint density at radius 3 is 2.73 bits per heavy atom. The van der Waals surface area contributed by atoms with E-state index in [-0.39, 0.29) is 11.9 Å². The molecule has 3 aromatic rings. The van der Waals surface area contributed by atoms with Crippen molar-refractivity contribution in [3.63, 3.8) is 0 Å². The highest BCUT2D eigenvalue weighted by Crippen LogP contribution is 2.29. The lowest BCUT2D eigenvalue weighted by Gasteiger charge is -2.08. The summed E-state index contributed by atoms with van der Waals surface area (Å²) in [6, 6.07) is 16.0. The van der Waals surface area contributed by atoms with Gasteiger partial charge in [-0.2, -0.15) is 0 Å². The van der Waals surface area contributed by atoms with Gasteiger partial charge in [-0.25, -0.2) is 4.98 Å². The van der Waals surface area contributed by atoms with Gasteiger partial charge < -0.3 is 15.1 Å². The highest BCUT2D eigenvalue weighted by atomic mass is 35.5. The molecule has 6 heteroatoms. The van der Waals surface area contributed by atoms with E-state index in [1.54, 1.807) is 6.08 Å². The Kier molecular flexibility index (Phi) is 6.02. The summed E-state index contributed by atoms with van der Waals surface area (Å²) in [4.78, 5) is 16.8. The van der Waals surface area contributed by atoms with Crippen LogP contribution in [0.2, 0.25) is 5.02 Å². The maximum absolute atomic E-state index is 12.1. The Balaban J connectivity index is 1.44. The summed E-state index contributed by atoms with van der Waals surface area (Å²) >= 11 is 6.07. The highest BCUT2D eigenvalue weighted by molar-refractivity contribution is 6.30. The number of halogens is 1. The van der Waals surface area contributed by atoms with E-state index in [2.05, 4.69) is 22.5 Å². The molecule has 0 unspecified atom stereocenters. The maximum Gasteiger partial charge on any atom is 0.244 e. The number of carbonyl (C=O) groups is 1. The number of oxazole rings is 1. The molecular formula is C24H24ClN3O2. The van der Waals surface area contributed by atoms with Gasteiger partial charge >= 0.3 is 0 Å². The first-order chi connectivity index (χ1) is 14.5. The predicted octanol–water partition coefficient (Wildman–Crippen LogP) is 4.85. The number of aromatic nitrogens is 1. The van der Waals surface area contributed by atoms with Crippen molar-refractivity contribution < 1.29 is 9.21 Å². The zero-order valence-corrected chi connectivity index (χ0v) is 17.7. The summed E-state index contributed by atoms with van der Waals surface area (Å²) in [6.45, 7) is 4.84. The highest BCUT2D eigenvalue weighted by Gasteiger charge is 2.21. The molecule has 1 aromatic heterocycles. The van der Waals surface area contributed by atoms with E-state index in [0.717, 1.165) is 41.1 Å².